The van der Waals surface area contributed by atoms with Gasteiger partial charge in [0.25, 0.3) is 5.69 Å². The van der Waals surface area contributed by atoms with Crippen LogP contribution in [0.2, 0.25) is 0 Å². The molecule has 3 rings (SSSR count). The fourth-order valence-electron chi connectivity index (χ4n) is 2.41. The second-order valence-corrected chi connectivity index (χ2v) is 5.81. The van der Waals surface area contributed by atoms with Gasteiger partial charge in [-0.1, -0.05) is 36.4 Å². The van der Waals surface area contributed by atoms with Crippen molar-refractivity contribution < 1.29 is 19.2 Å². The highest BCUT2D eigenvalue weighted by Gasteiger charge is 2.07. The summed E-state index contributed by atoms with van der Waals surface area (Å²) in [7, 11) is 0. The topological polar surface area (TPSA) is 78.7 Å². The Morgan fingerprint density at radius 2 is 1.61 bits per heavy atom. The van der Waals surface area contributed by atoms with Gasteiger partial charge < -0.3 is 9.47 Å². The van der Waals surface area contributed by atoms with E-state index >= 15 is 0 Å². The molecule has 0 bridgehead atoms. The van der Waals surface area contributed by atoms with Gasteiger partial charge in [0.2, 0.25) is 0 Å². The van der Waals surface area contributed by atoms with E-state index in [0.717, 1.165) is 5.56 Å². The quantitative estimate of drug-likeness (QED) is 0.247. The Hall–Kier alpha value is -3.93. The molecule has 0 saturated heterocycles. The molecule has 0 fully saturated rings. The minimum absolute atomic E-state index is 0.00486. The van der Waals surface area contributed by atoms with Crippen molar-refractivity contribution >= 4 is 17.7 Å². The molecule has 0 atom stereocenters. The van der Waals surface area contributed by atoms with E-state index < -0.39 is 10.9 Å². The molecule has 140 valence electrons. The van der Waals surface area contributed by atoms with Crippen LogP contribution in [-0.4, -0.2) is 10.9 Å². The maximum atomic E-state index is 12.0. The van der Waals surface area contributed by atoms with Gasteiger partial charge in [0.15, 0.2) is 0 Å². The van der Waals surface area contributed by atoms with Gasteiger partial charge in [-0.15, -0.1) is 0 Å². The number of nitrogens with zero attached hydrogens (tertiary/aromatic N) is 1. The van der Waals surface area contributed by atoms with Crippen LogP contribution < -0.4 is 4.74 Å². The van der Waals surface area contributed by atoms with Crippen molar-refractivity contribution in [1.29, 1.82) is 0 Å². The Morgan fingerprint density at radius 1 is 0.929 bits per heavy atom. The number of benzene rings is 3. The van der Waals surface area contributed by atoms with E-state index in [0.29, 0.717) is 17.1 Å². The number of hydrogen-bond donors (Lipinski definition) is 0. The molecule has 0 unspecified atom stereocenters. The van der Waals surface area contributed by atoms with Crippen molar-refractivity contribution in [3.63, 3.8) is 0 Å². The summed E-state index contributed by atoms with van der Waals surface area (Å²) in [5.41, 5.74) is 1.40. The largest absolute Gasteiger partial charge is 0.458 e. The first kappa shape index (κ1) is 18.8. The molecule has 0 spiro atoms. The highest BCUT2D eigenvalue weighted by Crippen LogP contribution is 2.25. The summed E-state index contributed by atoms with van der Waals surface area (Å²) < 4.78 is 11.1. The normalized spacial score (nSPS) is 10.6. The molecule has 3 aromatic rings. The number of ether oxygens (including phenoxy) is 2. The lowest BCUT2D eigenvalue weighted by atomic mass is 10.2. The van der Waals surface area contributed by atoms with E-state index in [1.165, 1.54) is 18.2 Å². The Bertz CT molecular complexity index is 981. The number of nitro benzene ring substituents is 1. The number of hydrogen-bond acceptors (Lipinski definition) is 5. The first-order valence-electron chi connectivity index (χ1n) is 8.52. The van der Waals surface area contributed by atoms with Gasteiger partial charge in [-0.3, -0.25) is 10.1 Å². The Labute approximate surface area is 161 Å². The van der Waals surface area contributed by atoms with Crippen LogP contribution in [0.3, 0.4) is 0 Å². The minimum Gasteiger partial charge on any atom is -0.458 e. The standard InChI is InChI=1S/C22H17NO5/c24-22(15-12-17-10-13-19(14-11-17)23(25)26)27-16-18-6-4-5-9-21(18)28-20-7-2-1-3-8-20/h1-15H,16H2/b15-12+. The third-order valence-electron chi connectivity index (χ3n) is 3.83. The lowest BCUT2D eigenvalue weighted by Crippen LogP contribution is -2.02. The Morgan fingerprint density at radius 3 is 2.32 bits per heavy atom. The zero-order chi connectivity index (χ0) is 19.8. The summed E-state index contributed by atoms with van der Waals surface area (Å²) in [6.45, 7) is 0.0619. The minimum atomic E-state index is -0.520. The zero-order valence-corrected chi connectivity index (χ0v) is 14.9. The number of nitro groups is 1. The summed E-state index contributed by atoms with van der Waals surface area (Å²) in [4.78, 5) is 22.1. The third-order valence-corrected chi connectivity index (χ3v) is 3.83. The molecule has 6 heteroatoms. The second-order valence-electron chi connectivity index (χ2n) is 5.81. The molecule has 0 aliphatic rings. The van der Waals surface area contributed by atoms with Crippen molar-refractivity contribution in [1.82, 2.24) is 0 Å². The van der Waals surface area contributed by atoms with Crippen molar-refractivity contribution in [3.05, 3.63) is 106 Å². The maximum absolute atomic E-state index is 12.0. The van der Waals surface area contributed by atoms with Crippen LogP contribution >= 0.6 is 0 Å². The number of rotatable bonds is 7. The molecule has 0 saturated carbocycles. The molecule has 0 N–H and O–H groups in total. The molecule has 0 aliphatic carbocycles. The molecule has 0 radical (unpaired) electrons. The first-order valence-corrected chi connectivity index (χ1v) is 8.52. The molecule has 0 amide bonds. The Kier molecular flexibility index (Phi) is 6.15. The lowest BCUT2D eigenvalue weighted by Gasteiger charge is -2.11. The second kappa shape index (κ2) is 9.14. The summed E-state index contributed by atoms with van der Waals surface area (Å²) in [6, 6.07) is 22.5. The fourth-order valence-corrected chi connectivity index (χ4v) is 2.41. The zero-order valence-electron chi connectivity index (χ0n) is 14.9. The van der Waals surface area contributed by atoms with Gasteiger partial charge in [0, 0.05) is 23.8 Å². The van der Waals surface area contributed by atoms with Crippen LogP contribution in [0, 0.1) is 10.1 Å². The van der Waals surface area contributed by atoms with Gasteiger partial charge in [-0.05, 0) is 42.0 Å². The van der Waals surface area contributed by atoms with E-state index in [-0.39, 0.29) is 12.3 Å². The van der Waals surface area contributed by atoms with Crippen molar-refractivity contribution in [2.24, 2.45) is 0 Å². The van der Waals surface area contributed by atoms with Gasteiger partial charge in [0.05, 0.1) is 4.92 Å². The molecular formula is C22H17NO5. The number of carbonyl (C=O) groups is 1. The molecule has 28 heavy (non-hydrogen) atoms. The van der Waals surface area contributed by atoms with Gasteiger partial charge in [-0.2, -0.15) is 0 Å². The fraction of sp³-hybridized carbons (Fsp3) is 0.0455. The summed E-state index contributed by atoms with van der Waals surface area (Å²) >= 11 is 0. The predicted octanol–water partition coefficient (Wildman–Crippen LogP) is 5.14. The highest BCUT2D eigenvalue weighted by atomic mass is 16.6. The molecular weight excluding hydrogens is 358 g/mol. The summed E-state index contributed by atoms with van der Waals surface area (Å²) in [5, 5.41) is 10.6. The van der Waals surface area contributed by atoms with Crippen LogP contribution in [0.15, 0.2) is 84.9 Å². The van der Waals surface area contributed by atoms with Crippen LogP contribution in [0.4, 0.5) is 5.69 Å². The van der Waals surface area contributed by atoms with Gasteiger partial charge in [0.1, 0.15) is 18.1 Å². The van der Waals surface area contributed by atoms with E-state index in [9.17, 15) is 14.9 Å². The third kappa shape index (κ3) is 5.28. The van der Waals surface area contributed by atoms with Crippen LogP contribution in [0.1, 0.15) is 11.1 Å². The van der Waals surface area contributed by atoms with Crippen molar-refractivity contribution in [3.8, 4) is 11.5 Å². The van der Waals surface area contributed by atoms with E-state index in [1.807, 2.05) is 54.6 Å². The number of non-ortho nitro benzene ring substituents is 1. The highest BCUT2D eigenvalue weighted by molar-refractivity contribution is 5.87. The van der Waals surface area contributed by atoms with Crippen LogP contribution in [-0.2, 0) is 16.1 Å². The molecule has 0 aromatic heterocycles. The van der Waals surface area contributed by atoms with Crippen molar-refractivity contribution in [2.45, 2.75) is 6.61 Å². The summed E-state index contributed by atoms with van der Waals surface area (Å²) in [6.07, 6.45) is 2.82. The molecule has 0 aliphatic heterocycles. The average molecular weight is 375 g/mol. The van der Waals surface area contributed by atoms with E-state index in [4.69, 9.17) is 9.47 Å². The van der Waals surface area contributed by atoms with Gasteiger partial charge in [-0.25, -0.2) is 4.79 Å². The number of carbonyl (C=O) groups excluding carboxylic acids is 1. The number of esters is 1. The number of para-hydroxylation sites is 2. The van der Waals surface area contributed by atoms with Crippen LogP contribution in [0.25, 0.3) is 6.08 Å². The molecule has 3 aromatic carbocycles. The van der Waals surface area contributed by atoms with E-state index in [1.54, 1.807) is 18.2 Å². The molecule has 6 nitrogen and oxygen atoms in total. The monoisotopic (exact) mass is 375 g/mol. The lowest BCUT2D eigenvalue weighted by molar-refractivity contribution is -0.384. The van der Waals surface area contributed by atoms with Gasteiger partial charge >= 0.3 is 5.97 Å². The first-order chi connectivity index (χ1) is 13.6. The van der Waals surface area contributed by atoms with Crippen molar-refractivity contribution in [2.75, 3.05) is 0 Å². The predicted molar refractivity (Wildman–Crippen MR) is 105 cm³/mol. The van der Waals surface area contributed by atoms with Crippen LogP contribution in [0.5, 0.6) is 11.5 Å². The Balaban J connectivity index is 1.59. The maximum Gasteiger partial charge on any atom is 0.331 e. The molecule has 0 heterocycles. The van der Waals surface area contributed by atoms with E-state index in [2.05, 4.69) is 0 Å². The smallest absolute Gasteiger partial charge is 0.331 e. The summed E-state index contributed by atoms with van der Waals surface area (Å²) in [5.74, 6) is 0.785. The average Bonchev–Trinajstić information content (AvgIpc) is 2.72. The SMILES string of the molecule is O=C(/C=C/c1ccc([N+](=O)[O-])cc1)OCc1ccccc1Oc1ccccc1.